The third kappa shape index (κ3) is 2.63. The van der Waals surface area contributed by atoms with Gasteiger partial charge >= 0.3 is 0 Å². The van der Waals surface area contributed by atoms with Crippen LogP contribution in [0.25, 0.3) is 0 Å². The van der Waals surface area contributed by atoms with Gasteiger partial charge in [-0.25, -0.2) is 0 Å². The normalized spacial score (nSPS) is 10.5. The Morgan fingerprint density at radius 1 is 1.27 bits per heavy atom. The van der Waals surface area contributed by atoms with E-state index in [0.717, 1.165) is 17.9 Å². The van der Waals surface area contributed by atoms with Crippen LogP contribution in [0.3, 0.4) is 0 Å². The zero-order chi connectivity index (χ0) is 8.27. The summed E-state index contributed by atoms with van der Waals surface area (Å²) >= 11 is 0. The maximum atomic E-state index is 4.21. The number of nitrogens with zero attached hydrogens (tertiary/aromatic N) is 3. The molecule has 0 aliphatic carbocycles. The van der Waals surface area contributed by atoms with Crippen molar-refractivity contribution in [2.75, 3.05) is 14.1 Å². The zero-order valence-corrected chi connectivity index (χ0v) is 7.20. The second-order valence-corrected chi connectivity index (χ2v) is 2.89. The molecule has 3 nitrogen and oxygen atoms in total. The summed E-state index contributed by atoms with van der Waals surface area (Å²) in [6.45, 7) is 2.79. The van der Waals surface area contributed by atoms with E-state index in [0.29, 0.717) is 0 Å². The van der Waals surface area contributed by atoms with Gasteiger partial charge in [-0.15, -0.1) is 0 Å². The molecule has 0 radical (unpaired) electrons. The predicted molar refractivity (Wildman–Crippen MR) is 44.2 cm³/mol. The minimum absolute atomic E-state index is 0.854. The number of hydrogen-bond donors (Lipinski definition) is 0. The molecule has 0 bridgehead atoms. The Morgan fingerprint density at radius 3 is 2.45 bits per heavy atom. The van der Waals surface area contributed by atoms with Gasteiger partial charge in [-0.2, -0.15) is 0 Å². The summed E-state index contributed by atoms with van der Waals surface area (Å²) in [6.07, 6.45) is 3.61. The van der Waals surface area contributed by atoms with Crippen LogP contribution in [0.5, 0.6) is 0 Å². The molecule has 3 heteroatoms. The topological polar surface area (TPSA) is 29.0 Å². The van der Waals surface area contributed by atoms with E-state index in [2.05, 4.69) is 14.9 Å². The lowest BCUT2D eigenvalue weighted by atomic mass is 10.4. The van der Waals surface area contributed by atoms with Crippen molar-refractivity contribution >= 4 is 0 Å². The third-order valence-electron chi connectivity index (χ3n) is 1.31. The van der Waals surface area contributed by atoms with Gasteiger partial charge in [0.25, 0.3) is 0 Å². The Hall–Kier alpha value is -0.960. The molecule has 0 aliphatic heterocycles. The van der Waals surface area contributed by atoms with Crippen LogP contribution in [0.2, 0.25) is 0 Å². The quantitative estimate of drug-likeness (QED) is 0.627. The number of rotatable bonds is 2. The minimum Gasteiger partial charge on any atom is -0.304 e. The van der Waals surface area contributed by atoms with Crippen molar-refractivity contribution in [3.8, 4) is 0 Å². The van der Waals surface area contributed by atoms with Gasteiger partial charge in [0.15, 0.2) is 0 Å². The summed E-state index contributed by atoms with van der Waals surface area (Å²) in [5, 5.41) is 0. The van der Waals surface area contributed by atoms with Gasteiger partial charge in [0, 0.05) is 18.9 Å². The maximum absolute atomic E-state index is 4.21. The average molecular weight is 151 g/mol. The molecule has 1 heterocycles. The van der Waals surface area contributed by atoms with Crippen LogP contribution in [0.15, 0.2) is 12.4 Å². The van der Waals surface area contributed by atoms with E-state index in [-0.39, 0.29) is 0 Å². The van der Waals surface area contributed by atoms with Crippen LogP contribution < -0.4 is 0 Å². The first-order valence-corrected chi connectivity index (χ1v) is 3.61. The monoisotopic (exact) mass is 151 g/mol. The lowest BCUT2D eigenvalue weighted by molar-refractivity contribution is 0.396. The molecule has 0 aromatic carbocycles. The molecule has 1 aromatic rings. The van der Waals surface area contributed by atoms with Gasteiger partial charge < -0.3 is 4.90 Å². The molecule has 0 saturated heterocycles. The molecular weight excluding hydrogens is 138 g/mol. The molecule has 0 amide bonds. The van der Waals surface area contributed by atoms with Crippen molar-refractivity contribution in [2.45, 2.75) is 13.5 Å². The fourth-order valence-electron chi connectivity index (χ4n) is 0.825. The van der Waals surface area contributed by atoms with Gasteiger partial charge in [-0.3, -0.25) is 9.97 Å². The summed E-state index contributed by atoms with van der Waals surface area (Å²) in [5.74, 6) is 0. The second kappa shape index (κ2) is 3.44. The van der Waals surface area contributed by atoms with E-state index in [1.807, 2.05) is 27.2 Å². The van der Waals surface area contributed by atoms with Crippen LogP contribution >= 0.6 is 0 Å². The largest absolute Gasteiger partial charge is 0.304 e. The van der Waals surface area contributed by atoms with Crippen LogP contribution in [-0.2, 0) is 6.54 Å². The van der Waals surface area contributed by atoms with E-state index in [4.69, 9.17) is 0 Å². The number of aryl methyl sites for hydroxylation is 1. The molecule has 1 rings (SSSR count). The molecule has 60 valence electrons. The average Bonchev–Trinajstić information content (AvgIpc) is 1.93. The molecule has 0 aliphatic rings. The van der Waals surface area contributed by atoms with Crippen LogP contribution in [0.4, 0.5) is 0 Å². The molecule has 0 atom stereocenters. The Morgan fingerprint density at radius 2 is 2.00 bits per heavy atom. The minimum atomic E-state index is 0.854. The van der Waals surface area contributed by atoms with Crippen molar-refractivity contribution in [3.05, 3.63) is 23.8 Å². The maximum Gasteiger partial charge on any atom is 0.0726 e. The number of aromatic nitrogens is 2. The second-order valence-electron chi connectivity index (χ2n) is 2.89. The van der Waals surface area contributed by atoms with Crippen LogP contribution in [0.1, 0.15) is 11.4 Å². The van der Waals surface area contributed by atoms with Crippen LogP contribution in [0, 0.1) is 6.92 Å². The van der Waals surface area contributed by atoms with E-state index in [9.17, 15) is 0 Å². The first-order chi connectivity index (χ1) is 5.18. The molecule has 0 N–H and O–H groups in total. The predicted octanol–water partition coefficient (Wildman–Crippen LogP) is 0.847. The molecule has 0 fully saturated rings. The van der Waals surface area contributed by atoms with Crippen molar-refractivity contribution in [1.29, 1.82) is 0 Å². The van der Waals surface area contributed by atoms with E-state index >= 15 is 0 Å². The fourth-order valence-corrected chi connectivity index (χ4v) is 0.825. The highest BCUT2D eigenvalue weighted by atomic mass is 15.1. The van der Waals surface area contributed by atoms with E-state index in [1.54, 1.807) is 6.20 Å². The first kappa shape index (κ1) is 8.14. The summed E-state index contributed by atoms with van der Waals surface area (Å²) < 4.78 is 0. The first-order valence-electron chi connectivity index (χ1n) is 3.61. The van der Waals surface area contributed by atoms with Crippen molar-refractivity contribution in [3.63, 3.8) is 0 Å². The summed E-state index contributed by atoms with van der Waals surface area (Å²) in [7, 11) is 4.03. The van der Waals surface area contributed by atoms with Gasteiger partial charge in [-0.05, 0) is 21.0 Å². The van der Waals surface area contributed by atoms with Crippen molar-refractivity contribution in [1.82, 2.24) is 14.9 Å². The molecular formula is C8H13N3. The summed E-state index contributed by atoms with van der Waals surface area (Å²) in [5.41, 5.74) is 1.98. The van der Waals surface area contributed by atoms with E-state index < -0.39 is 0 Å². The summed E-state index contributed by atoms with van der Waals surface area (Å²) in [4.78, 5) is 10.4. The SMILES string of the molecule is Cc1cnc(CN(C)C)cn1. The molecule has 11 heavy (non-hydrogen) atoms. The highest BCUT2D eigenvalue weighted by Gasteiger charge is 1.95. The van der Waals surface area contributed by atoms with Crippen molar-refractivity contribution in [2.24, 2.45) is 0 Å². The van der Waals surface area contributed by atoms with Gasteiger partial charge in [0.2, 0.25) is 0 Å². The highest BCUT2D eigenvalue weighted by Crippen LogP contribution is 1.95. The van der Waals surface area contributed by atoms with Crippen molar-refractivity contribution < 1.29 is 0 Å². The van der Waals surface area contributed by atoms with Gasteiger partial charge in [-0.1, -0.05) is 0 Å². The third-order valence-corrected chi connectivity index (χ3v) is 1.31. The molecule has 0 unspecified atom stereocenters. The standard InChI is InChI=1S/C8H13N3/c1-7-4-10-8(5-9-7)6-11(2)3/h4-5H,6H2,1-3H3. The smallest absolute Gasteiger partial charge is 0.0726 e. The highest BCUT2D eigenvalue weighted by molar-refractivity contribution is 4.99. The van der Waals surface area contributed by atoms with Crippen LogP contribution in [-0.4, -0.2) is 29.0 Å². The molecule has 0 saturated carbocycles. The molecule has 1 aromatic heterocycles. The van der Waals surface area contributed by atoms with Gasteiger partial charge in [0.1, 0.15) is 0 Å². The molecule has 0 spiro atoms. The zero-order valence-electron chi connectivity index (χ0n) is 7.20. The summed E-state index contributed by atoms with van der Waals surface area (Å²) in [6, 6.07) is 0. The fraction of sp³-hybridized carbons (Fsp3) is 0.500. The van der Waals surface area contributed by atoms with E-state index in [1.165, 1.54) is 0 Å². The Labute approximate surface area is 67.1 Å². The van der Waals surface area contributed by atoms with Gasteiger partial charge in [0.05, 0.1) is 11.4 Å². The Balaban J connectivity index is 2.66. The number of hydrogen-bond acceptors (Lipinski definition) is 3. The Bertz CT molecular complexity index is 215. The lowest BCUT2D eigenvalue weighted by Gasteiger charge is -2.07. The Kier molecular flexibility index (Phi) is 2.54. The lowest BCUT2D eigenvalue weighted by Crippen LogP contribution is -2.12.